The Morgan fingerprint density at radius 2 is 1.92 bits per heavy atom. The molecule has 2 aromatic carbocycles. The van der Waals surface area contributed by atoms with Crippen LogP contribution in [0.3, 0.4) is 0 Å². The van der Waals surface area contributed by atoms with Gasteiger partial charge in [0.2, 0.25) is 0 Å². The minimum Gasteiger partial charge on any atom is -0.507 e. The van der Waals surface area contributed by atoms with E-state index in [1.165, 1.54) is 31.6 Å². The lowest BCUT2D eigenvalue weighted by Crippen LogP contribution is -2.36. The summed E-state index contributed by atoms with van der Waals surface area (Å²) in [6, 6.07) is 15.1. The highest BCUT2D eigenvalue weighted by atomic mass is 16.5. The molecular weight excluding hydrogens is 316 g/mol. The van der Waals surface area contributed by atoms with E-state index >= 15 is 0 Å². The summed E-state index contributed by atoms with van der Waals surface area (Å²) >= 11 is 0. The Labute approximate surface area is 148 Å². The number of likely N-dealkylation sites (tertiary alicyclic amines) is 1. The zero-order chi connectivity index (χ0) is 17.6. The number of hydrogen-bond donors (Lipinski definition) is 2. The topological polar surface area (TPSA) is 61.8 Å². The van der Waals surface area contributed by atoms with Crippen molar-refractivity contribution in [3.63, 3.8) is 0 Å². The molecule has 1 saturated heterocycles. The smallest absolute Gasteiger partial charge is 0.255 e. The largest absolute Gasteiger partial charge is 0.507 e. The van der Waals surface area contributed by atoms with Crippen LogP contribution in [-0.4, -0.2) is 42.7 Å². The van der Waals surface area contributed by atoms with E-state index in [9.17, 15) is 9.90 Å². The van der Waals surface area contributed by atoms with E-state index in [1.54, 1.807) is 12.1 Å². The Hall–Kier alpha value is -2.53. The quantitative estimate of drug-likeness (QED) is 0.849. The van der Waals surface area contributed by atoms with Gasteiger partial charge in [0.15, 0.2) is 0 Å². The third kappa shape index (κ3) is 4.12. The fourth-order valence-corrected chi connectivity index (χ4v) is 3.30. The first-order valence-electron chi connectivity index (χ1n) is 8.63. The van der Waals surface area contributed by atoms with Gasteiger partial charge in [0.25, 0.3) is 5.91 Å². The third-order valence-electron chi connectivity index (χ3n) is 4.67. The van der Waals surface area contributed by atoms with E-state index in [0.717, 1.165) is 13.1 Å². The van der Waals surface area contributed by atoms with Gasteiger partial charge in [-0.2, -0.15) is 0 Å². The van der Waals surface area contributed by atoms with Gasteiger partial charge in [-0.15, -0.1) is 0 Å². The Morgan fingerprint density at radius 1 is 1.20 bits per heavy atom. The Bertz CT molecular complexity index is 712. The van der Waals surface area contributed by atoms with Crippen LogP contribution in [0.5, 0.6) is 11.5 Å². The van der Waals surface area contributed by atoms with E-state index in [2.05, 4.69) is 22.3 Å². The van der Waals surface area contributed by atoms with E-state index in [0.29, 0.717) is 12.3 Å². The van der Waals surface area contributed by atoms with E-state index < -0.39 is 0 Å². The van der Waals surface area contributed by atoms with Gasteiger partial charge in [-0.25, -0.2) is 0 Å². The summed E-state index contributed by atoms with van der Waals surface area (Å²) in [5, 5.41) is 13.0. The van der Waals surface area contributed by atoms with Crippen LogP contribution >= 0.6 is 0 Å². The molecule has 1 amide bonds. The Balaban J connectivity index is 1.71. The number of phenols is 1. The molecule has 0 aliphatic carbocycles. The van der Waals surface area contributed by atoms with Crippen molar-refractivity contribution in [3.8, 4) is 11.5 Å². The number of methoxy groups -OCH3 is 1. The van der Waals surface area contributed by atoms with Crippen molar-refractivity contribution in [2.24, 2.45) is 0 Å². The predicted octanol–water partition coefficient (Wildman–Crippen LogP) is 2.97. The lowest BCUT2D eigenvalue weighted by Gasteiger charge is -2.28. The van der Waals surface area contributed by atoms with Crippen molar-refractivity contribution in [2.75, 3.05) is 26.7 Å². The number of aromatic hydroxyl groups is 1. The summed E-state index contributed by atoms with van der Waals surface area (Å²) in [4.78, 5) is 14.9. The number of carbonyl (C=O) groups is 1. The molecule has 2 N–H and O–H groups in total. The number of rotatable bonds is 6. The number of amides is 1. The molecule has 25 heavy (non-hydrogen) atoms. The van der Waals surface area contributed by atoms with Gasteiger partial charge in [0, 0.05) is 12.6 Å². The zero-order valence-corrected chi connectivity index (χ0v) is 14.4. The minimum absolute atomic E-state index is 0.0747. The zero-order valence-electron chi connectivity index (χ0n) is 14.4. The first kappa shape index (κ1) is 17.3. The SMILES string of the molecule is COc1ccc(C(=O)NCC(c2ccccc2)N2CCCC2)c(O)c1. The number of nitrogens with one attached hydrogen (secondary N) is 1. The summed E-state index contributed by atoms with van der Waals surface area (Å²) < 4.78 is 5.05. The molecule has 1 fully saturated rings. The summed E-state index contributed by atoms with van der Waals surface area (Å²) in [7, 11) is 1.52. The average molecular weight is 340 g/mol. The molecule has 132 valence electrons. The second-order valence-electron chi connectivity index (χ2n) is 6.26. The summed E-state index contributed by atoms with van der Waals surface area (Å²) in [5.74, 6) is 0.169. The van der Waals surface area contributed by atoms with Gasteiger partial charge >= 0.3 is 0 Å². The molecule has 0 aromatic heterocycles. The normalized spacial score (nSPS) is 15.7. The molecule has 1 heterocycles. The Morgan fingerprint density at radius 3 is 2.56 bits per heavy atom. The van der Waals surface area contributed by atoms with E-state index in [-0.39, 0.29) is 23.3 Å². The van der Waals surface area contributed by atoms with Crippen LogP contribution in [0.1, 0.15) is 34.8 Å². The fourth-order valence-electron chi connectivity index (χ4n) is 3.30. The van der Waals surface area contributed by atoms with Crippen LogP contribution in [-0.2, 0) is 0 Å². The second-order valence-corrected chi connectivity index (χ2v) is 6.26. The van der Waals surface area contributed by atoms with Crippen molar-refractivity contribution in [2.45, 2.75) is 18.9 Å². The molecule has 0 saturated carbocycles. The molecule has 1 unspecified atom stereocenters. The molecule has 3 rings (SSSR count). The summed E-state index contributed by atoms with van der Waals surface area (Å²) in [5.41, 5.74) is 1.46. The average Bonchev–Trinajstić information content (AvgIpc) is 3.17. The van der Waals surface area contributed by atoms with E-state index in [4.69, 9.17) is 4.74 Å². The van der Waals surface area contributed by atoms with Gasteiger partial charge in [-0.05, 0) is 43.6 Å². The molecule has 1 atom stereocenters. The monoisotopic (exact) mass is 340 g/mol. The molecule has 5 heteroatoms. The van der Waals surface area contributed by atoms with Crippen LogP contribution < -0.4 is 10.1 Å². The maximum absolute atomic E-state index is 12.5. The van der Waals surface area contributed by atoms with Gasteiger partial charge in [-0.1, -0.05) is 30.3 Å². The van der Waals surface area contributed by atoms with Gasteiger partial charge in [0.05, 0.1) is 18.7 Å². The van der Waals surface area contributed by atoms with Crippen molar-refractivity contribution in [1.82, 2.24) is 10.2 Å². The van der Waals surface area contributed by atoms with Crippen molar-refractivity contribution in [3.05, 3.63) is 59.7 Å². The third-order valence-corrected chi connectivity index (χ3v) is 4.67. The van der Waals surface area contributed by atoms with Gasteiger partial charge in [-0.3, -0.25) is 9.69 Å². The predicted molar refractivity (Wildman–Crippen MR) is 97.0 cm³/mol. The summed E-state index contributed by atoms with van der Waals surface area (Å²) in [6.45, 7) is 2.60. The lowest BCUT2D eigenvalue weighted by molar-refractivity contribution is 0.0935. The fraction of sp³-hybridized carbons (Fsp3) is 0.350. The maximum Gasteiger partial charge on any atom is 0.255 e. The first-order chi connectivity index (χ1) is 12.2. The van der Waals surface area contributed by atoms with E-state index in [1.807, 2.05) is 18.2 Å². The number of carbonyl (C=O) groups excluding carboxylic acids is 1. The van der Waals surface area contributed by atoms with Crippen LogP contribution in [0.2, 0.25) is 0 Å². The number of phenolic OH excluding ortho intramolecular Hbond substituents is 1. The lowest BCUT2D eigenvalue weighted by atomic mass is 10.1. The number of benzene rings is 2. The van der Waals surface area contributed by atoms with Crippen molar-refractivity contribution in [1.29, 1.82) is 0 Å². The molecule has 5 nitrogen and oxygen atoms in total. The maximum atomic E-state index is 12.5. The second kappa shape index (κ2) is 8.03. The molecule has 2 aromatic rings. The minimum atomic E-state index is -0.278. The summed E-state index contributed by atoms with van der Waals surface area (Å²) in [6.07, 6.45) is 2.38. The van der Waals surface area contributed by atoms with Crippen LogP contribution in [0, 0.1) is 0 Å². The first-order valence-corrected chi connectivity index (χ1v) is 8.63. The number of ether oxygens (including phenoxy) is 1. The molecular formula is C20H24N2O3. The molecule has 0 spiro atoms. The molecule has 1 aliphatic rings. The van der Waals surface area contributed by atoms with Crippen molar-refractivity contribution >= 4 is 5.91 Å². The highest BCUT2D eigenvalue weighted by Gasteiger charge is 2.24. The number of hydrogen-bond acceptors (Lipinski definition) is 4. The van der Waals surface area contributed by atoms with Crippen LogP contribution in [0.25, 0.3) is 0 Å². The van der Waals surface area contributed by atoms with Gasteiger partial charge < -0.3 is 15.2 Å². The Kier molecular flexibility index (Phi) is 5.56. The van der Waals surface area contributed by atoms with Crippen LogP contribution in [0.15, 0.2) is 48.5 Å². The number of nitrogens with zero attached hydrogens (tertiary/aromatic N) is 1. The molecule has 0 radical (unpaired) electrons. The van der Waals surface area contributed by atoms with Crippen LogP contribution in [0.4, 0.5) is 0 Å². The molecule has 0 bridgehead atoms. The highest BCUT2D eigenvalue weighted by molar-refractivity contribution is 5.97. The molecule has 1 aliphatic heterocycles. The van der Waals surface area contributed by atoms with Gasteiger partial charge in [0.1, 0.15) is 11.5 Å². The van der Waals surface area contributed by atoms with Crippen molar-refractivity contribution < 1.29 is 14.6 Å². The standard InChI is InChI=1S/C20H24N2O3/c1-25-16-9-10-17(19(23)13-16)20(24)21-14-18(22-11-5-6-12-22)15-7-3-2-4-8-15/h2-4,7-10,13,18,23H,5-6,11-12,14H2,1H3,(H,21,24). The highest BCUT2D eigenvalue weighted by Crippen LogP contribution is 2.26.